The molecule has 0 amide bonds. The number of halogens is 1. The second-order valence-corrected chi connectivity index (χ2v) is 9.79. The van der Waals surface area contributed by atoms with E-state index in [2.05, 4.69) is 33.4 Å². The van der Waals surface area contributed by atoms with Gasteiger partial charge in [-0.25, -0.2) is 9.97 Å². The van der Waals surface area contributed by atoms with Crippen molar-refractivity contribution in [3.05, 3.63) is 78.0 Å². The monoisotopic (exact) mass is 468 g/mol. The van der Waals surface area contributed by atoms with Crippen molar-refractivity contribution in [3.8, 4) is 22.8 Å². The van der Waals surface area contributed by atoms with E-state index in [0.29, 0.717) is 10.9 Å². The van der Waals surface area contributed by atoms with Gasteiger partial charge in [0.05, 0.1) is 39.3 Å². The molecule has 0 bridgehead atoms. The zero-order valence-electron chi connectivity index (χ0n) is 19.2. The molecule has 170 valence electrons. The normalized spacial score (nSPS) is 18.0. The smallest absolute Gasteiger partial charge is 0.146 e. The lowest BCUT2D eigenvalue weighted by molar-refractivity contribution is 0.198. The molecule has 1 aliphatic carbocycles. The Labute approximate surface area is 203 Å². The Morgan fingerprint density at radius 3 is 2.71 bits per heavy atom. The van der Waals surface area contributed by atoms with Gasteiger partial charge in [-0.1, -0.05) is 23.7 Å². The van der Waals surface area contributed by atoms with E-state index < -0.39 is 0 Å². The van der Waals surface area contributed by atoms with Crippen LogP contribution in [0.5, 0.6) is 0 Å². The first-order valence-electron chi connectivity index (χ1n) is 11.6. The molecule has 0 aliphatic heterocycles. The maximum Gasteiger partial charge on any atom is 0.146 e. The van der Waals surface area contributed by atoms with Gasteiger partial charge in [0.25, 0.3) is 0 Å². The minimum absolute atomic E-state index is 0.450. The van der Waals surface area contributed by atoms with Crippen molar-refractivity contribution in [3.63, 3.8) is 0 Å². The third-order valence-electron chi connectivity index (χ3n) is 6.67. The van der Waals surface area contributed by atoms with Gasteiger partial charge >= 0.3 is 0 Å². The summed E-state index contributed by atoms with van der Waals surface area (Å²) >= 11 is 6.80. The van der Waals surface area contributed by atoms with Crippen LogP contribution in [0, 0.1) is 5.92 Å². The molecule has 1 aliphatic rings. The second kappa shape index (κ2) is 8.46. The van der Waals surface area contributed by atoms with Crippen molar-refractivity contribution in [1.29, 1.82) is 0 Å². The van der Waals surface area contributed by atoms with Crippen LogP contribution in [-0.2, 0) is 0 Å². The summed E-state index contributed by atoms with van der Waals surface area (Å²) in [6.45, 7) is 1.12. The minimum Gasteiger partial charge on any atom is -0.309 e. The van der Waals surface area contributed by atoms with E-state index in [1.807, 2.05) is 54.9 Å². The van der Waals surface area contributed by atoms with Crippen molar-refractivity contribution in [1.82, 2.24) is 29.2 Å². The zero-order chi connectivity index (χ0) is 23.2. The predicted octanol–water partition coefficient (Wildman–Crippen LogP) is 5.72. The lowest BCUT2D eigenvalue weighted by Gasteiger charge is -2.36. The Morgan fingerprint density at radius 1 is 1.03 bits per heavy atom. The summed E-state index contributed by atoms with van der Waals surface area (Å²) in [6, 6.07) is 13.9. The highest BCUT2D eigenvalue weighted by Crippen LogP contribution is 2.44. The van der Waals surface area contributed by atoms with Crippen LogP contribution < -0.4 is 0 Å². The van der Waals surface area contributed by atoms with Crippen molar-refractivity contribution in [2.45, 2.75) is 18.8 Å². The van der Waals surface area contributed by atoms with Gasteiger partial charge < -0.3 is 4.90 Å². The van der Waals surface area contributed by atoms with Crippen LogP contribution in [0.2, 0.25) is 5.02 Å². The molecule has 6 rings (SSSR count). The molecular weight excluding hydrogens is 444 g/mol. The van der Waals surface area contributed by atoms with E-state index in [-0.39, 0.29) is 0 Å². The average molecular weight is 469 g/mol. The molecule has 1 fully saturated rings. The Balaban J connectivity index is 1.43. The number of benzene rings is 1. The second-order valence-electron chi connectivity index (χ2n) is 9.39. The third-order valence-corrected chi connectivity index (χ3v) is 6.98. The summed E-state index contributed by atoms with van der Waals surface area (Å²) in [6.07, 6.45) is 9.76. The van der Waals surface area contributed by atoms with E-state index in [4.69, 9.17) is 21.6 Å². The maximum atomic E-state index is 6.80. The first-order chi connectivity index (χ1) is 16.6. The summed E-state index contributed by atoms with van der Waals surface area (Å²) in [5, 5.41) is 1.65. The van der Waals surface area contributed by atoms with Crippen molar-refractivity contribution in [2.24, 2.45) is 5.92 Å². The first-order valence-corrected chi connectivity index (χ1v) is 11.9. The molecule has 0 spiro atoms. The van der Waals surface area contributed by atoms with Crippen LogP contribution in [0.4, 0.5) is 0 Å². The largest absolute Gasteiger partial charge is 0.309 e. The van der Waals surface area contributed by atoms with Crippen LogP contribution in [0.3, 0.4) is 0 Å². The average Bonchev–Trinajstić information content (AvgIpc) is 3.20. The van der Waals surface area contributed by atoms with Gasteiger partial charge in [-0.15, -0.1) is 0 Å². The van der Waals surface area contributed by atoms with Gasteiger partial charge in [0, 0.05) is 42.0 Å². The summed E-state index contributed by atoms with van der Waals surface area (Å²) in [4.78, 5) is 21.1. The van der Waals surface area contributed by atoms with Gasteiger partial charge in [-0.05, 0) is 63.2 Å². The van der Waals surface area contributed by atoms with E-state index in [9.17, 15) is 0 Å². The van der Waals surface area contributed by atoms with E-state index in [1.54, 1.807) is 12.4 Å². The number of rotatable bonds is 5. The highest BCUT2D eigenvalue weighted by atomic mass is 35.5. The lowest BCUT2D eigenvalue weighted by Crippen LogP contribution is -2.31. The van der Waals surface area contributed by atoms with Crippen LogP contribution in [-0.4, -0.2) is 49.9 Å². The van der Waals surface area contributed by atoms with Gasteiger partial charge in [0.2, 0.25) is 0 Å². The van der Waals surface area contributed by atoms with Crippen LogP contribution in [0.1, 0.15) is 24.5 Å². The topological polar surface area (TPSA) is 59.2 Å². The predicted molar refractivity (Wildman–Crippen MR) is 136 cm³/mol. The summed E-state index contributed by atoms with van der Waals surface area (Å²) in [5.74, 6) is 2.00. The van der Waals surface area contributed by atoms with Crippen molar-refractivity contribution in [2.75, 3.05) is 20.6 Å². The number of hydrogen-bond donors (Lipinski definition) is 0. The molecule has 4 aromatic heterocycles. The third kappa shape index (κ3) is 3.73. The molecule has 1 saturated carbocycles. The Hall–Kier alpha value is -3.35. The van der Waals surface area contributed by atoms with Crippen molar-refractivity contribution < 1.29 is 0 Å². The first kappa shape index (κ1) is 21.2. The van der Waals surface area contributed by atoms with Crippen LogP contribution in [0.15, 0.2) is 67.3 Å². The van der Waals surface area contributed by atoms with E-state index in [1.165, 1.54) is 0 Å². The number of nitrogens with zero attached hydrogens (tertiary/aromatic N) is 6. The standard InChI is InChI=1S/C27H25ClN6/c1-33(2)16-17-11-19(12-17)26-25-15-29-9-10-34(25)27(32-26)20-14-24-18(13-21(20)28)6-7-23(31-24)22-5-3-4-8-30-22/h3-10,13-15,17,19H,11-12,16H2,1-2H3. The molecule has 0 unspecified atom stereocenters. The van der Waals surface area contributed by atoms with E-state index >= 15 is 0 Å². The highest BCUT2D eigenvalue weighted by molar-refractivity contribution is 6.34. The highest BCUT2D eigenvalue weighted by Gasteiger charge is 2.34. The fourth-order valence-electron chi connectivity index (χ4n) is 5.05. The number of hydrogen-bond acceptors (Lipinski definition) is 5. The number of pyridine rings is 2. The zero-order valence-corrected chi connectivity index (χ0v) is 19.9. The Bertz CT molecular complexity index is 1490. The quantitative estimate of drug-likeness (QED) is 0.330. The summed E-state index contributed by atoms with van der Waals surface area (Å²) < 4.78 is 2.11. The molecule has 4 heterocycles. The van der Waals surface area contributed by atoms with Crippen molar-refractivity contribution >= 4 is 28.0 Å². The Kier molecular flexibility index (Phi) is 5.27. The fraction of sp³-hybridized carbons (Fsp3) is 0.259. The van der Waals surface area contributed by atoms with Gasteiger partial charge in [-0.3, -0.25) is 14.4 Å². The van der Waals surface area contributed by atoms with Gasteiger partial charge in [0.1, 0.15) is 5.82 Å². The molecule has 5 aromatic rings. The minimum atomic E-state index is 0.450. The van der Waals surface area contributed by atoms with Crippen LogP contribution >= 0.6 is 11.6 Å². The SMILES string of the molecule is CN(C)CC1CC(c2nc(-c3cc4nc(-c5ccccn5)ccc4cc3Cl)n3ccncc23)C1. The molecule has 0 saturated heterocycles. The Morgan fingerprint density at radius 2 is 1.91 bits per heavy atom. The van der Waals surface area contributed by atoms with E-state index in [0.717, 1.165) is 70.2 Å². The molecule has 0 radical (unpaired) electrons. The summed E-state index contributed by atoms with van der Waals surface area (Å²) in [5.41, 5.74) is 5.58. The molecule has 0 atom stereocenters. The molecule has 34 heavy (non-hydrogen) atoms. The number of fused-ring (bicyclic) bond motifs is 2. The summed E-state index contributed by atoms with van der Waals surface area (Å²) in [7, 11) is 4.27. The molecular formula is C27H25ClN6. The molecule has 0 N–H and O–H groups in total. The van der Waals surface area contributed by atoms with Gasteiger partial charge in [-0.2, -0.15) is 0 Å². The maximum absolute atomic E-state index is 6.80. The fourth-order valence-corrected chi connectivity index (χ4v) is 5.30. The number of aromatic nitrogens is 5. The lowest BCUT2D eigenvalue weighted by atomic mass is 9.73. The molecule has 6 nitrogen and oxygen atoms in total. The molecule has 1 aromatic carbocycles. The van der Waals surface area contributed by atoms with Gasteiger partial charge in [0.15, 0.2) is 0 Å². The number of imidazole rings is 1. The molecule has 7 heteroatoms. The van der Waals surface area contributed by atoms with Crippen LogP contribution in [0.25, 0.3) is 39.2 Å².